The summed E-state index contributed by atoms with van der Waals surface area (Å²) in [5.74, 6) is -2.38. The second kappa shape index (κ2) is 15.5. The highest BCUT2D eigenvalue weighted by atomic mass is 32.1. The van der Waals surface area contributed by atoms with E-state index in [9.17, 15) is 20.4 Å². The van der Waals surface area contributed by atoms with Gasteiger partial charge < -0.3 is 25.8 Å². The van der Waals surface area contributed by atoms with Crippen molar-refractivity contribution < 1.29 is 20.4 Å². The largest absolute Gasteiger partial charge is 0.504 e. The Bertz CT molecular complexity index is 3320. The van der Waals surface area contributed by atoms with Crippen LogP contribution in [-0.4, -0.2) is 32.9 Å². The van der Waals surface area contributed by atoms with Crippen LogP contribution >= 0.6 is 11.3 Å². The van der Waals surface area contributed by atoms with Gasteiger partial charge in [-0.15, -0.1) is 11.3 Å². The van der Waals surface area contributed by atoms with E-state index < -0.39 is 23.0 Å². The second-order valence-electron chi connectivity index (χ2n) is 14.7. The van der Waals surface area contributed by atoms with Crippen molar-refractivity contribution in [1.29, 1.82) is 5.41 Å². The molecule has 0 radical (unpaired) electrons. The fourth-order valence-corrected chi connectivity index (χ4v) is 9.06. The van der Waals surface area contributed by atoms with Gasteiger partial charge in [0.1, 0.15) is 0 Å². The number of phenolic OH excluding ortho intramolecular Hbond substituents is 4. The van der Waals surface area contributed by atoms with Crippen LogP contribution in [0.1, 0.15) is 16.7 Å². The topological polar surface area (TPSA) is 117 Å². The van der Waals surface area contributed by atoms with Crippen molar-refractivity contribution in [2.24, 2.45) is 4.99 Å². The lowest BCUT2D eigenvalue weighted by Gasteiger charge is -2.12. The van der Waals surface area contributed by atoms with Crippen LogP contribution in [0.3, 0.4) is 0 Å². The molecule has 0 spiro atoms. The van der Waals surface area contributed by atoms with E-state index in [4.69, 9.17) is 5.41 Å². The third-order valence-corrected chi connectivity index (χ3v) is 12.1. The Kier molecular flexibility index (Phi) is 9.80. The molecule has 1 heterocycles. The van der Waals surface area contributed by atoms with E-state index in [0.29, 0.717) is 17.0 Å². The van der Waals surface area contributed by atoms with Crippen molar-refractivity contribution in [3.05, 3.63) is 187 Å². The molecule has 10 rings (SSSR count). The highest BCUT2D eigenvalue weighted by Crippen LogP contribution is 2.48. The van der Waals surface area contributed by atoms with Gasteiger partial charge in [-0.1, -0.05) is 139 Å². The summed E-state index contributed by atoms with van der Waals surface area (Å²) in [6, 6.07) is 55.5. The van der Waals surface area contributed by atoms with Gasteiger partial charge in [0.15, 0.2) is 11.5 Å². The fraction of sp³-hybridized carbons (Fsp3) is 0.0189. The third kappa shape index (κ3) is 6.77. The van der Waals surface area contributed by atoms with Gasteiger partial charge >= 0.3 is 0 Å². The van der Waals surface area contributed by atoms with Crippen LogP contribution in [0, 0.1) is 12.3 Å². The van der Waals surface area contributed by atoms with E-state index in [0.717, 1.165) is 22.1 Å². The molecule has 290 valence electrons. The van der Waals surface area contributed by atoms with Gasteiger partial charge in [0.2, 0.25) is 11.5 Å². The Hall–Kier alpha value is -7.74. The molecule has 10 aromatic rings. The number of nitrogens with zero attached hydrogens (tertiary/aromatic N) is 1. The number of benzene rings is 9. The summed E-state index contributed by atoms with van der Waals surface area (Å²) in [6.45, 7) is 5.70. The Morgan fingerprint density at radius 1 is 0.533 bits per heavy atom. The first-order valence-corrected chi connectivity index (χ1v) is 20.2. The number of nitrogens with one attached hydrogen (secondary N) is 1. The van der Waals surface area contributed by atoms with Crippen molar-refractivity contribution in [3.63, 3.8) is 0 Å². The van der Waals surface area contributed by atoms with Crippen LogP contribution in [0.2, 0.25) is 0 Å². The van der Waals surface area contributed by atoms with Crippen LogP contribution in [0.4, 0.5) is 0 Å². The lowest BCUT2D eigenvalue weighted by Crippen LogP contribution is -1.97. The fourth-order valence-electron chi connectivity index (χ4n) is 7.95. The Labute approximate surface area is 350 Å². The first-order chi connectivity index (χ1) is 29.2. The summed E-state index contributed by atoms with van der Waals surface area (Å²) >= 11 is 1.77. The number of allylic oxidation sites excluding steroid dienone is 1. The zero-order valence-electron chi connectivity index (χ0n) is 32.5. The molecule has 60 heavy (non-hydrogen) atoms. The first-order valence-electron chi connectivity index (χ1n) is 19.4. The quantitative estimate of drug-likeness (QED) is 0.0498. The highest BCUT2D eigenvalue weighted by Gasteiger charge is 2.18. The minimum atomic E-state index is -0.724. The third-order valence-electron chi connectivity index (χ3n) is 11.0. The van der Waals surface area contributed by atoms with E-state index in [1.807, 2.05) is 67.6 Å². The number of hydrogen-bond donors (Lipinski definition) is 5. The molecule has 0 aliphatic rings. The summed E-state index contributed by atoms with van der Waals surface area (Å²) in [5, 5.41) is 56.8. The number of aryl methyl sites for hydroxylation is 1. The molecule has 7 heteroatoms. The van der Waals surface area contributed by atoms with Crippen molar-refractivity contribution in [1.82, 2.24) is 0 Å². The molecule has 9 aromatic carbocycles. The molecule has 0 aliphatic carbocycles. The number of hydrogen-bond acceptors (Lipinski definition) is 7. The maximum absolute atomic E-state index is 9.70. The minimum Gasteiger partial charge on any atom is -0.504 e. The molecule has 0 saturated heterocycles. The molecular weight excluding hydrogens is 761 g/mol. The van der Waals surface area contributed by atoms with Gasteiger partial charge in [0, 0.05) is 36.9 Å². The molecule has 1 aromatic heterocycles. The van der Waals surface area contributed by atoms with Crippen molar-refractivity contribution in [2.75, 3.05) is 0 Å². The lowest BCUT2D eigenvalue weighted by atomic mass is 9.91. The Balaban J connectivity index is 0.000000228. The summed E-state index contributed by atoms with van der Waals surface area (Å²) in [6.07, 6.45) is 1.82. The summed E-state index contributed by atoms with van der Waals surface area (Å²) in [5.41, 5.74) is 7.27. The molecular formula is C53H38N2O4S. The standard InChI is InChI=1S/C40H26N2S.C13H12O4/c1-42-37(25-10-3-2-4-11-25)24-36(41)33-16-9-17-39-40(33)35-23-27(19-21-38(35)43-39)26-18-20-32-30-14-6-5-12-28(30)29-13-7-8-15-31(29)34(32)22-26;1-7-2-4-8(5-3-7)9-6-10(14)12(16)13(17)11(9)15/h2-24,41H,1H2;2-6,14-17H,1H3/b37-24-,41-36?;. The summed E-state index contributed by atoms with van der Waals surface area (Å²) in [4.78, 5) is 4.25. The van der Waals surface area contributed by atoms with Crippen LogP contribution in [0.15, 0.2) is 175 Å². The molecule has 0 aliphatic heterocycles. The van der Waals surface area contributed by atoms with E-state index in [2.05, 4.69) is 103 Å². The van der Waals surface area contributed by atoms with Crippen molar-refractivity contribution in [2.45, 2.75) is 6.92 Å². The van der Waals surface area contributed by atoms with E-state index >= 15 is 0 Å². The van der Waals surface area contributed by atoms with Crippen molar-refractivity contribution >= 4 is 82.0 Å². The average molecular weight is 799 g/mol. The molecule has 0 fully saturated rings. The maximum atomic E-state index is 9.70. The summed E-state index contributed by atoms with van der Waals surface area (Å²) < 4.78 is 2.39. The predicted molar refractivity (Wildman–Crippen MR) is 251 cm³/mol. The second-order valence-corrected chi connectivity index (χ2v) is 15.7. The van der Waals surface area contributed by atoms with Crippen LogP contribution in [-0.2, 0) is 0 Å². The molecule has 5 N–H and O–H groups in total. The number of rotatable bonds is 6. The first kappa shape index (κ1) is 37.8. The predicted octanol–water partition coefficient (Wildman–Crippen LogP) is 13.8. The lowest BCUT2D eigenvalue weighted by molar-refractivity contribution is 0.347. The van der Waals surface area contributed by atoms with E-state index in [-0.39, 0.29) is 5.56 Å². The monoisotopic (exact) mass is 798 g/mol. The van der Waals surface area contributed by atoms with Crippen LogP contribution < -0.4 is 0 Å². The molecule has 0 saturated carbocycles. The van der Waals surface area contributed by atoms with E-state index in [1.165, 1.54) is 64.3 Å². The smallest absolute Gasteiger partial charge is 0.204 e. The van der Waals surface area contributed by atoms with Crippen LogP contribution in [0.5, 0.6) is 23.0 Å². The summed E-state index contributed by atoms with van der Waals surface area (Å²) in [7, 11) is 0. The Morgan fingerprint density at radius 2 is 1.10 bits per heavy atom. The zero-order valence-corrected chi connectivity index (χ0v) is 33.3. The molecule has 6 nitrogen and oxygen atoms in total. The Morgan fingerprint density at radius 3 is 1.75 bits per heavy atom. The molecule has 0 bridgehead atoms. The number of aromatic hydroxyl groups is 4. The van der Waals surface area contributed by atoms with E-state index in [1.54, 1.807) is 23.5 Å². The van der Waals surface area contributed by atoms with Crippen molar-refractivity contribution in [3.8, 4) is 45.3 Å². The minimum absolute atomic E-state index is 0.262. The van der Waals surface area contributed by atoms with Gasteiger partial charge in [-0.25, -0.2) is 0 Å². The number of thiophene rings is 1. The van der Waals surface area contributed by atoms with Gasteiger partial charge in [-0.2, -0.15) is 0 Å². The normalized spacial score (nSPS) is 11.6. The number of aliphatic imine (C=N–C) groups is 1. The number of fused-ring (bicyclic) bond motifs is 9. The highest BCUT2D eigenvalue weighted by molar-refractivity contribution is 7.25. The van der Waals surface area contributed by atoms with Gasteiger partial charge in [0.05, 0.1) is 11.4 Å². The maximum Gasteiger partial charge on any atom is 0.204 e. The SMILES string of the molecule is C=N/C(=C\C(=N)c1cccc2sc3ccc(-c4ccc5c6ccccc6c6ccccc6c5c4)cc3c12)c1ccccc1.Cc1ccc(-c2cc(O)c(O)c(O)c2O)cc1. The number of phenols is 4. The molecule has 0 unspecified atom stereocenters. The van der Waals surface area contributed by atoms with Gasteiger partial charge in [-0.05, 0) is 99.1 Å². The average Bonchev–Trinajstić information content (AvgIpc) is 3.68. The zero-order chi connectivity index (χ0) is 41.5. The van der Waals surface area contributed by atoms with Gasteiger partial charge in [-0.3, -0.25) is 4.99 Å². The van der Waals surface area contributed by atoms with Gasteiger partial charge in [0.25, 0.3) is 0 Å². The molecule has 0 amide bonds. The molecule has 0 atom stereocenters. The van der Waals surface area contributed by atoms with Crippen LogP contribution in [0.25, 0.3) is 80.4 Å².